The van der Waals surface area contributed by atoms with Crippen molar-refractivity contribution in [2.75, 3.05) is 7.05 Å². The summed E-state index contributed by atoms with van der Waals surface area (Å²) in [5.41, 5.74) is 1.43. The Kier molecular flexibility index (Phi) is 5.98. The lowest BCUT2D eigenvalue weighted by Gasteiger charge is -2.18. The lowest BCUT2D eigenvalue weighted by molar-refractivity contribution is -0.130. The van der Waals surface area contributed by atoms with Crippen LogP contribution in [-0.2, 0) is 17.8 Å². The fourth-order valence-electron chi connectivity index (χ4n) is 2.14. The van der Waals surface area contributed by atoms with Gasteiger partial charge in [-0.2, -0.15) is 0 Å². The minimum absolute atomic E-state index is 0.0423. The van der Waals surface area contributed by atoms with E-state index in [1.165, 1.54) is 11.0 Å². The molecule has 0 saturated heterocycles. The van der Waals surface area contributed by atoms with Crippen molar-refractivity contribution in [3.05, 3.63) is 68.9 Å². The van der Waals surface area contributed by atoms with Gasteiger partial charge in [0, 0.05) is 35.1 Å². The Morgan fingerprint density at radius 3 is 2.68 bits per heavy atom. The van der Waals surface area contributed by atoms with Crippen molar-refractivity contribution in [2.24, 2.45) is 0 Å². The van der Waals surface area contributed by atoms with Gasteiger partial charge in [0.1, 0.15) is 5.82 Å². The molecule has 5 heteroatoms. The van der Waals surface area contributed by atoms with Crippen LogP contribution in [0.5, 0.6) is 0 Å². The van der Waals surface area contributed by atoms with Crippen LogP contribution in [0.3, 0.4) is 0 Å². The maximum absolute atomic E-state index is 13.7. The first-order chi connectivity index (χ1) is 10.5. The third-order valence-electron chi connectivity index (χ3n) is 3.40. The molecule has 0 aromatic heterocycles. The van der Waals surface area contributed by atoms with E-state index in [1.807, 2.05) is 24.3 Å². The standard InChI is InChI=1S/C17H16BrClFNO/c1-21(11-14-15(19)6-3-7-16(14)20)17(22)9-8-12-4-2-5-13(18)10-12/h2-7,10H,8-9,11H2,1H3. The van der Waals surface area contributed by atoms with Crippen LogP contribution in [0.4, 0.5) is 4.39 Å². The molecule has 0 atom stereocenters. The Morgan fingerprint density at radius 2 is 2.00 bits per heavy atom. The minimum Gasteiger partial charge on any atom is -0.341 e. The quantitative estimate of drug-likeness (QED) is 0.723. The molecule has 0 spiro atoms. The summed E-state index contributed by atoms with van der Waals surface area (Å²) in [6.07, 6.45) is 1.02. The Morgan fingerprint density at radius 1 is 1.27 bits per heavy atom. The van der Waals surface area contributed by atoms with Crippen molar-refractivity contribution in [3.63, 3.8) is 0 Å². The molecule has 0 aliphatic heterocycles. The number of nitrogens with zero attached hydrogens (tertiary/aromatic N) is 1. The molecule has 0 aliphatic rings. The second-order valence-electron chi connectivity index (χ2n) is 5.08. The molecule has 0 fully saturated rings. The molecule has 0 N–H and O–H groups in total. The van der Waals surface area contributed by atoms with E-state index in [1.54, 1.807) is 19.2 Å². The topological polar surface area (TPSA) is 20.3 Å². The van der Waals surface area contributed by atoms with E-state index < -0.39 is 0 Å². The first-order valence-corrected chi connectivity index (χ1v) is 8.06. The number of carbonyl (C=O) groups is 1. The summed E-state index contributed by atoms with van der Waals surface area (Å²) in [5.74, 6) is -0.432. The summed E-state index contributed by atoms with van der Waals surface area (Å²) in [6, 6.07) is 12.4. The maximum Gasteiger partial charge on any atom is 0.222 e. The largest absolute Gasteiger partial charge is 0.341 e. The van der Waals surface area contributed by atoms with Gasteiger partial charge < -0.3 is 4.90 Å². The van der Waals surface area contributed by atoms with Crippen molar-refractivity contribution in [3.8, 4) is 0 Å². The number of aryl methyl sites for hydroxylation is 1. The van der Waals surface area contributed by atoms with Gasteiger partial charge in [-0.1, -0.05) is 45.7 Å². The Hall–Kier alpha value is -1.39. The van der Waals surface area contributed by atoms with Crippen molar-refractivity contribution in [1.29, 1.82) is 0 Å². The van der Waals surface area contributed by atoms with E-state index in [0.717, 1.165) is 10.0 Å². The molecule has 1 amide bonds. The smallest absolute Gasteiger partial charge is 0.222 e. The van der Waals surface area contributed by atoms with Gasteiger partial charge in [0.2, 0.25) is 5.91 Å². The number of rotatable bonds is 5. The van der Waals surface area contributed by atoms with Crippen LogP contribution in [0.1, 0.15) is 17.5 Å². The Labute approximate surface area is 143 Å². The van der Waals surface area contributed by atoms with Crippen LogP contribution in [-0.4, -0.2) is 17.9 Å². The van der Waals surface area contributed by atoms with Crippen molar-refractivity contribution < 1.29 is 9.18 Å². The third-order valence-corrected chi connectivity index (χ3v) is 4.25. The highest BCUT2D eigenvalue weighted by molar-refractivity contribution is 9.10. The number of halogens is 3. The predicted molar refractivity (Wildman–Crippen MR) is 90.3 cm³/mol. The summed E-state index contributed by atoms with van der Waals surface area (Å²) in [5, 5.41) is 0.339. The summed E-state index contributed by atoms with van der Waals surface area (Å²) < 4.78 is 14.7. The lowest BCUT2D eigenvalue weighted by Crippen LogP contribution is -2.27. The van der Waals surface area contributed by atoms with Crippen molar-refractivity contribution in [1.82, 2.24) is 4.90 Å². The van der Waals surface area contributed by atoms with E-state index in [0.29, 0.717) is 23.4 Å². The first-order valence-electron chi connectivity index (χ1n) is 6.88. The normalized spacial score (nSPS) is 10.5. The van der Waals surface area contributed by atoms with E-state index >= 15 is 0 Å². The summed E-state index contributed by atoms with van der Waals surface area (Å²) in [4.78, 5) is 13.7. The van der Waals surface area contributed by atoms with Gasteiger partial charge in [0.15, 0.2) is 0 Å². The van der Waals surface area contributed by atoms with Gasteiger partial charge in [-0.05, 0) is 36.2 Å². The molecule has 0 unspecified atom stereocenters. The van der Waals surface area contributed by atoms with Crippen LogP contribution >= 0.6 is 27.5 Å². The number of amides is 1. The van der Waals surface area contributed by atoms with Crippen LogP contribution in [0.2, 0.25) is 5.02 Å². The molecule has 22 heavy (non-hydrogen) atoms. The second-order valence-corrected chi connectivity index (χ2v) is 6.40. The number of benzene rings is 2. The highest BCUT2D eigenvalue weighted by Gasteiger charge is 2.14. The highest BCUT2D eigenvalue weighted by atomic mass is 79.9. The lowest BCUT2D eigenvalue weighted by atomic mass is 10.1. The first kappa shape index (κ1) is 17.0. The molecule has 2 aromatic carbocycles. The maximum atomic E-state index is 13.7. The summed E-state index contributed by atoms with van der Waals surface area (Å²) in [7, 11) is 1.66. The molecule has 0 bridgehead atoms. The van der Waals surface area contributed by atoms with Gasteiger partial charge in [0.25, 0.3) is 0 Å². The van der Waals surface area contributed by atoms with E-state index in [4.69, 9.17) is 11.6 Å². The Balaban J connectivity index is 1.95. The third kappa shape index (κ3) is 4.55. The monoisotopic (exact) mass is 383 g/mol. The molecule has 2 aromatic rings. The molecule has 0 radical (unpaired) electrons. The van der Waals surface area contributed by atoms with Crippen molar-refractivity contribution in [2.45, 2.75) is 19.4 Å². The minimum atomic E-state index is -0.390. The molecule has 0 saturated carbocycles. The number of carbonyl (C=O) groups excluding carboxylic acids is 1. The zero-order valence-corrected chi connectivity index (χ0v) is 14.5. The highest BCUT2D eigenvalue weighted by Crippen LogP contribution is 2.21. The second kappa shape index (κ2) is 7.75. The van der Waals surface area contributed by atoms with E-state index in [-0.39, 0.29) is 18.3 Å². The molecular weight excluding hydrogens is 369 g/mol. The number of hydrogen-bond donors (Lipinski definition) is 0. The van der Waals surface area contributed by atoms with Crippen LogP contribution in [0, 0.1) is 5.82 Å². The van der Waals surface area contributed by atoms with Gasteiger partial charge in [-0.25, -0.2) is 4.39 Å². The molecule has 116 valence electrons. The molecule has 2 rings (SSSR count). The fraction of sp³-hybridized carbons (Fsp3) is 0.235. The molecular formula is C17H16BrClFNO. The SMILES string of the molecule is CN(Cc1c(F)cccc1Cl)C(=O)CCc1cccc(Br)c1. The van der Waals surface area contributed by atoms with Gasteiger partial charge in [-0.3, -0.25) is 4.79 Å². The average molecular weight is 385 g/mol. The van der Waals surface area contributed by atoms with Crippen molar-refractivity contribution >= 4 is 33.4 Å². The molecule has 0 heterocycles. The van der Waals surface area contributed by atoms with Crippen LogP contribution in [0.15, 0.2) is 46.9 Å². The van der Waals surface area contributed by atoms with E-state index in [9.17, 15) is 9.18 Å². The molecule has 0 aliphatic carbocycles. The zero-order chi connectivity index (χ0) is 16.1. The summed E-state index contributed by atoms with van der Waals surface area (Å²) in [6.45, 7) is 0.169. The van der Waals surface area contributed by atoms with E-state index in [2.05, 4.69) is 15.9 Å². The molecule has 2 nitrogen and oxygen atoms in total. The fourth-order valence-corrected chi connectivity index (χ4v) is 2.81. The van der Waals surface area contributed by atoms with Crippen LogP contribution < -0.4 is 0 Å². The van der Waals surface area contributed by atoms with Gasteiger partial charge in [0.05, 0.1) is 0 Å². The van der Waals surface area contributed by atoms with Gasteiger partial charge in [-0.15, -0.1) is 0 Å². The predicted octanol–water partition coefficient (Wildman–Crippen LogP) is 4.83. The average Bonchev–Trinajstić information content (AvgIpc) is 2.48. The number of hydrogen-bond acceptors (Lipinski definition) is 1. The Bertz CT molecular complexity index is 657. The van der Waals surface area contributed by atoms with Gasteiger partial charge >= 0.3 is 0 Å². The summed E-state index contributed by atoms with van der Waals surface area (Å²) >= 11 is 9.39. The zero-order valence-electron chi connectivity index (χ0n) is 12.2. The van der Waals surface area contributed by atoms with Crippen LogP contribution in [0.25, 0.3) is 0 Å².